The fraction of sp³-hybridized carbons (Fsp3) is 0.211. The molecule has 128 valence electrons. The Kier molecular flexibility index (Phi) is 5.50. The molecule has 0 saturated carbocycles. The molecule has 0 spiro atoms. The van der Waals surface area contributed by atoms with Crippen LogP contribution < -0.4 is 10.6 Å². The number of hydrogen-bond acceptors (Lipinski definition) is 3. The van der Waals surface area contributed by atoms with Gasteiger partial charge in [0, 0.05) is 5.69 Å². The molecule has 0 aliphatic carbocycles. The molecule has 0 unspecified atom stereocenters. The third kappa shape index (κ3) is 4.21. The molecule has 1 atom stereocenters. The first-order valence-corrected chi connectivity index (χ1v) is 7.71. The van der Waals surface area contributed by atoms with Crippen LogP contribution in [-0.4, -0.2) is 11.8 Å². The van der Waals surface area contributed by atoms with Gasteiger partial charge in [-0.2, -0.15) is 5.26 Å². The number of benzene rings is 2. The fourth-order valence-corrected chi connectivity index (χ4v) is 2.46. The van der Waals surface area contributed by atoms with Crippen LogP contribution >= 0.6 is 0 Å². The Morgan fingerprint density at radius 2 is 1.88 bits per heavy atom. The van der Waals surface area contributed by atoms with Crippen molar-refractivity contribution in [1.82, 2.24) is 5.32 Å². The second-order valence-electron chi connectivity index (χ2n) is 5.74. The van der Waals surface area contributed by atoms with Gasteiger partial charge in [-0.05, 0) is 55.7 Å². The zero-order valence-electron chi connectivity index (χ0n) is 14.2. The molecule has 0 bridgehead atoms. The number of nitrogens with one attached hydrogen (secondary N) is 2. The standard InChI is InChI=1S/C19H18FN3O2/c1-11-5-4-6-16(12(11)2)13(3)22-18(24)19(25)23-15-7-8-17(20)14(9-15)10-21/h4-9,13H,1-3H3,(H,22,24)(H,23,25)/t13-/m1/s1. The van der Waals surface area contributed by atoms with Gasteiger partial charge in [-0.25, -0.2) is 4.39 Å². The van der Waals surface area contributed by atoms with E-state index in [-0.39, 0.29) is 17.3 Å². The van der Waals surface area contributed by atoms with Crippen LogP contribution in [0.3, 0.4) is 0 Å². The number of carbonyl (C=O) groups is 2. The van der Waals surface area contributed by atoms with Crippen LogP contribution in [0.4, 0.5) is 10.1 Å². The smallest absolute Gasteiger partial charge is 0.313 e. The lowest BCUT2D eigenvalue weighted by molar-refractivity contribution is -0.136. The Morgan fingerprint density at radius 1 is 1.16 bits per heavy atom. The number of nitrogens with zero attached hydrogens (tertiary/aromatic N) is 1. The predicted molar refractivity (Wildman–Crippen MR) is 92.2 cm³/mol. The van der Waals surface area contributed by atoms with Gasteiger partial charge in [0.15, 0.2) is 0 Å². The highest BCUT2D eigenvalue weighted by molar-refractivity contribution is 6.39. The van der Waals surface area contributed by atoms with E-state index in [0.29, 0.717) is 0 Å². The summed E-state index contributed by atoms with van der Waals surface area (Å²) in [5.41, 5.74) is 3.04. The molecular weight excluding hydrogens is 321 g/mol. The molecule has 2 aromatic carbocycles. The maximum absolute atomic E-state index is 13.3. The van der Waals surface area contributed by atoms with Crippen molar-refractivity contribution >= 4 is 17.5 Å². The number of aryl methyl sites for hydroxylation is 1. The van der Waals surface area contributed by atoms with Crippen LogP contribution in [-0.2, 0) is 9.59 Å². The first-order valence-electron chi connectivity index (χ1n) is 7.71. The molecule has 5 nitrogen and oxygen atoms in total. The third-order valence-corrected chi connectivity index (χ3v) is 4.01. The summed E-state index contributed by atoms with van der Waals surface area (Å²) < 4.78 is 13.3. The van der Waals surface area contributed by atoms with Crippen molar-refractivity contribution in [1.29, 1.82) is 5.26 Å². The lowest BCUT2D eigenvalue weighted by Gasteiger charge is -2.17. The molecular formula is C19H18FN3O2. The molecule has 2 aromatic rings. The van der Waals surface area contributed by atoms with Gasteiger partial charge in [0.05, 0.1) is 11.6 Å². The Balaban J connectivity index is 2.06. The minimum Gasteiger partial charge on any atom is -0.341 e. The number of amides is 2. The van der Waals surface area contributed by atoms with Crippen LogP contribution in [0.5, 0.6) is 0 Å². The second-order valence-corrected chi connectivity index (χ2v) is 5.74. The molecule has 25 heavy (non-hydrogen) atoms. The minimum atomic E-state index is -0.882. The van der Waals surface area contributed by atoms with E-state index in [1.54, 1.807) is 13.0 Å². The molecule has 0 aliphatic heterocycles. The number of halogens is 1. The monoisotopic (exact) mass is 339 g/mol. The normalized spacial score (nSPS) is 11.3. The van der Waals surface area contributed by atoms with E-state index in [1.165, 1.54) is 12.1 Å². The van der Waals surface area contributed by atoms with Crippen molar-refractivity contribution < 1.29 is 14.0 Å². The van der Waals surface area contributed by atoms with Crippen molar-refractivity contribution in [2.75, 3.05) is 5.32 Å². The summed E-state index contributed by atoms with van der Waals surface area (Å²) in [4.78, 5) is 24.1. The summed E-state index contributed by atoms with van der Waals surface area (Å²) in [7, 11) is 0. The molecule has 2 rings (SSSR count). The summed E-state index contributed by atoms with van der Waals surface area (Å²) in [5, 5.41) is 13.8. The largest absolute Gasteiger partial charge is 0.341 e. The number of rotatable bonds is 3. The van der Waals surface area contributed by atoms with E-state index in [9.17, 15) is 14.0 Å². The van der Waals surface area contributed by atoms with Crippen molar-refractivity contribution in [3.63, 3.8) is 0 Å². The number of anilines is 1. The van der Waals surface area contributed by atoms with Crippen molar-refractivity contribution in [3.05, 3.63) is 64.5 Å². The van der Waals surface area contributed by atoms with Crippen LogP contribution in [0, 0.1) is 31.0 Å². The summed E-state index contributed by atoms with van der Waals surface area (Å²) in [6.45, 7) is 5.72. The second kappa shape index (κ2) is 7.58. The Labute approximate surface area is 145 Å². The quantitative estimate of drug-likeness (QED) is 0.843. The van der Waals surface area contributed by atoms with Gasteiger partial charge in [-0.1, -0.05) is 18.2 Å². The Hall–Kier alpha value is -3.20. The highest BCUT2D eigenvalue weighted by atomic mass is 19.1. The van der Waals surface area contributed by atoms with E-state index in [4.69, 9.17) is 5.26 Å². The zero-order valence-corrected chi connectivity index (χ0v) is 14.2. The summed E-state index contributed by atoms with van der Waals surface area (Å²) in [6.07, 6.45) is 0. The van der Waals surface area contributed by atoms with E-state index >= 15 is 0 Å². The van der Waals surface area contributed by atoms with Crippen LogP contribution in [0.15, 0.2) is 36.4 Å². The lowest BCUT2D eigenvalue weighted by atomic mass is 9.98. The highest BCUT2D eigenvalue weighted by Crippen LogP contribution is 2.20. The van der Waals surface area contributed by atoms with Crippen LogP contribution in [0.1, 0.15) is 35.2 Å². The molecule has 0 heterocycles. The summed E-state index contributed by atoms with van der Waals surface area (Å²) in [5.74, 6) is -2.38. The van der Waals surface area contributed by atoms with E-state index in [1.807, 2.05) is 32.0 Å². The maximum Gasteiger partial charge on any atom is 0.313 e. The summed E-state index contributed by atoms with van der Waals surface area (Å²) >= 11 is 0. The number of nitriles is 1. The molecule has 6 heteroatoms. The Bertz CT molecular complexity index is 871. The topological polar surface area (TPSA) is 82.0 Å². The van der Waals surface area contributed by atoms with E-state index in [0.717, 1.165) is 22.8 Å². The maximum atomic E-state index is 13.3. The number of hydrogen-bond donors (Lipinski definition) is 2. The molecule has 0 saturated heterocycles. The summed E-state index contributed by atoms with van der Waals surface area (Å²) in [6, 6.07) is 10.6. The van der Waals surface area contributed by atoms with Gasteiger partial charge in [-0.3, -0.25) is 9.59 Å². The molecule has 0 aliphatic rings. The van der Waals surface area contributed by atoms with Crippen LogP contribution in [0.25, 0.3) is 0 Å². The van der Waals surface area contributed by atoms with E-state index < -0.39 is 17.6 Å². The average Bonchev–Trinajstić information content (AvgIpc) is 2.58. The van der Waals surface area contributed by atoms with Gasteiger partial charge < -0.3 is 10.6 Å². The zero-order chi connectivity index (χ0) is 18.6. The van der Waals surface area contributed by atoms with Crippen molar-refractivity contribution in [2.24, 2.45) is 0 Å². The minimum absolute atomic E-state index is 0.178. The molecule has 0 aromatic heterocycles. The first kappa shape index (κ1) is 18.1. The van der Waals surface area contributed by atoms with Crippen molar-refractivity contribution in [3.8, 4) is 6.07 Å². The molecule has 0 radical (unpaired) electrons. The predicted octanol–water partition coefficient (Wildman–Crippen LogP) is 3.13. The third-order valence-electron chi connectivity index (χ3n) is 4.01. The fourth-order valence-electron chi connectivity index (χ4n) is 2.46. The Morgan fingerprint density at radius 3 is 2.56 bits per heavy atom. The van der Waals surface area contributed by atoms with E-state index in [2.05, 4.69) is 10.6 Å². The number of carbonyl (C=O) groups excluding carboxylic acids is 2. The van der Waals surface area contributed by atoms with Gasteiger partial charge in [0.1, 0.15) is 11.9 Å². The molecule has 2 amide bonds. The van der Waals surface area contributed by atoms with Gasteiger partial charge >= 0.3 is 11.8 Å². The SMILES string of the molecule is Cc1cccc([C@@H](C)NC(=O)C(=O)Nc2ccc(F)c(C#N)c2)c1C. The average molecular weight is 339 g/mol. The van der Waals surface area contributed by atoms with Gasteiger partial charge in [0.25, 0.3) is 0 Å². The van der Waals surface area contributed by atoms with Gasteiger partial charge in [0.2, 0.25) is 0 Å². The first-order chi connectivity index (χ1) is 11.8. The molecule has 2 N–H and O–H groups in total. The van der Waals surface area contributed by atoms with Gasteiger partial charge in [-0.15, -0.1) is 0 Å². The van der Waals surface area contributed by atoms with Crippen molar-refractivity contribution in [2.45, 2.75) is 26.8 Å². The molecule has 0 fully saturated rings. The lowest BCUT2D eigenvalue weighted by Crippen LogP contribution is -2.37. The highest BCUT2D eigenvalue weighted by Gasteiger charge is 2.19. The van der Waals surface area contributed by atoms with Crippen LogP contribution in [0.2, 0.25) is 0 Å².